The van der Waals surface area contributed by atoms with E-state index in [4.69, 9.17) is 5.11 Å². The molecular formula is C13H15FN2O3S2. The molecule has 1 aromatic carbocycles. The third-order valence-electron chi connectivity index (χ3n) is 3.01. The Morgan fingerprint density at radius 3 is 2.90 bits per heavy atom. The van der Waals surface area contributed by atoms with E-state index in [1.165, 1.54) is 12.1 Å². The predicted octanol–water partition coefficient (Wildman–Crippen LogP) is 2.12. The van der Waals surface area contributed by atoms with Crippen LogP contribution < -0.4 is 0 Å². The van der Waals surface area contributed by atoms with E-state index in [2.05, 4.69) is 4.98 Å². The molecule has 1 aromatic heterocycles. The normalized spacial score (nSPS) is 14.2. The van der Waals surface area contributed by atoms with E-state index >= 15 is 0 Å². The van der Waals surface area contributed by atoms with E-state index in [9.17, 15) is 13.4 Å². The Hall–Kier alpha value is -1.41. The van der Waals surface area contributed by atoms with Crippen molar-refractivity contribution in [3.63, 3.8) is 0 Å². The molecule has 0 aliphatic rings. The lowest BCUT2D eigenvalue weighted by atomic mass is 10.3. The molecule has 1 N–H and O–H groups in total. The molecule has 0 saturated heterocycles. The number of aromatic nitrogens is 2. The highest BCUT2D eigenvalue weighted by Gasteiger charge is 2.16. The zero-order valence-corrected chi connectivity index (χ0v) is 13.2. The van der Waals surface area contributed by atoms with Crippen LogP contribution in [0.15, 0.2) is 23.4 Å². The Balaban J connectivity index is 2.43. The number of imidazole rings is 1. The minimum Gasteiger partial charge on any atom is -0.481 e. The highest BCUT2D eigenvalue weighted by Crippen LogP contribution is 2.25. The first-order valence-electron chi connectivity index (χ1n) is 6.21. The lowest BCUT2D eigenvalue weighted by molar-refractivity contribution is -0.133. The van der Waals surface area contributed by atoms with E-state index in [1.54, 1.807) is 16.9 Å². The number of hydrogen-bond donors (Lipinski definition) is 1. The lowest BCUT2D eigenvalue weighted by Gasteiger charge is -2.12. The highest BCUT2D eigenvalue weighted by molar-refractivity contribution is 7.99. The summed E-state index contributed by atoms with van der Waals surface area (Å²) in [5, 5.41) is 9.17. The number of nitrogens with zero attached hydrogens (tertiary/aromatic N) is 2. The van der Waals surface area contributed by atoms with Crippen LogP contribution in [-0.4, -0.2) is 42.1 Å². The Kier molecular flexibility index (Phi) is 5.00. The molecule has 21 heavy (non-hydrogen) atoms. The van der Waals surface area contributed by atoms with E-state index in [0.29, 0.717) is 22.7 Å². The minimum atomic E-state index is -1.01. The smallest absolute Gasteiger partial charge is 0.313 e. The molecule has 2 atom stereocenters. The molecule has 5 nitrogen and oxygen atoms in total. The van der Waals surface area contributed by atoms with Gasteiger partial charge in [0.1, 0.15) is 5.82 Å². The number of carboxylic acids is 1. The van der Waals surface area contributed by atoms with Gasteiger partial charge in [0.15, 0.2) is 5.16 Å². The van der Waals surface area contributed by atoms with Crippen LogP contribution in [0.4, 0.5) is 4.39 Å². The average Bonchev–Trinajstić information content (AvgIpc) is 2.73. The summed E-state index contributed by atoms with van der Waals surface area (Å²) in [6, 6.07) is 4.25. The minimum absolute atomic E-state index is 0.114. The summed E-state index contributed by atoms with van der Waals surface area (Å²) in [5.74, 6) is -1.47. The van der Waals surface area contributed by atoms with Crippen molar-refractivity contribution < 1.29 is 18.5 Å². The van der Waals surface area contributed by atoms with E-state index < -0.39 is 22.6 Å². The quantitative estimate of drug-likeness (QED) is 0.822. The Bertz CT molecular complexity index is 702. The number of rotatable bonds is 6. The summed E-state index contributed by atoms with van der Waals surface area (Å²) in [6.45, 7) is 2.28. The molecule has 0 amide bonds. The maximum absolute atomic E-state index is 13.3. The van der Waals surface area contributed by atoms with Gasteiger partial charge < -0.3 is 9.67 Å². The summed E-state index contributed by atoms with van der Waals surface area (Å²) < 4.78 is 26.6. The van der Waals surface area contributed by atoms with Gasteiger partial charge in [0.05, 0.1) is 16.8 Å². The van der Waals surface area contributed by atoms with Crippen molar-refractivity contribution in [3.8, 4) is 0 Å². The Morgan fingerprint density at radius 2 is 2.29 bits per heavy atom. The molecule has 2 aromatic rings. The molecular weight excluding hydrogens is 315 g/mol. The first kappa shape index (κ1) is 16.0. The molecule has 2 unspecified atom stereocenters. The van der Waals surface area contributed by atoms with Crippen LogP contribution in [0.25, 0.3) is 11.0 Å². The predicted molar refractivity (Wildman–Crippen MR) is 81.6 cm³/mol. The van der Waals surface area contributed by atoms with Gasteiger partial charge in [-0.25, -0.2) is 9.37 Å². The molecule has 0 spiro atoms. The summed E-state index contributed by atoms with van der Waals surface area (Å²) in [5.41, 5.74) is 1.18. The van der Waals surface area contributed by atoms with Crippen LogP contribution in [0.5, 0.6) is 0 Å². The molecule has 0 bridgehead atoms. The van der Waals surface area contributed by atoms with Crippen molar-refractivity contribution in [1.29, 1.82) is 0 Å². The Morgan fingerprint density at radius 1 is 1.57 bits per heavy atom. The van der Waals surface area contributed by atoms with Crippen molar-refractivity contribution in [3.05, 3.63) is 24.0 Å². The topological polar surface area (TPSA) is 72.2 Å². The van der Waals surface area contributed by atoms with Gasteiger partial charge in [-0.2, -0.15) is 0 Å². The molecule has 1 heterocycles. The number of aliphatic carboxylic acids is 1. The number of fused-ring (bicyclic) bond motifs is 1. The van der Waals surface area contributed by atoms with Crippen molar-refractivity contribution in [2.45, 2.75) is 23.9 Å². The van der Waals surface area contributed by atoms with Crippen LogP contribution in [0.3, 0.4) is 0 Å². The van der Waals surface area contributed by atoms with E-state index in [1.807, 2.05) is 6.92 Å². The largest absolute Gasteiger partial charge is 0.481 e. The third-order valence-corrected chi connectivity index (χ3v) is 5.25. The molecule has 0 aliphatic heterocycles. The maximum atomic E-state index is 13.3. The second kappa shape index (κ2) is 6.57. The van der Waals surface area contributed by atoms with Crippen molar-refractivity contribution in [1.82, 2.24) is 9.55 Å². The zero-order chi connectivity index (χ0) is 15.6. The second-order valence-electron chi connectivity index (χ2n) is 4.63. The van der Waals surface area contributed by atoms with Gasteiger partial charge >= 0.3 is 5.97 Å². The summed E-state index contributed by atoms with van der Waals surface area (Å²) in [4.78, 5) is 15.0. The number of benzene rings is 1. The van der Waals surface area contributed by atoms with Crippen LogP contribution in [0, 0.1) is 5.82 Å². The van der Waals surface area contributed by atoms with Gasteiger partial charge in [-0.1, -0.05) is 11.8 Å². The van der Waals surface area contributed by atoms with Gasteiger partial charge in [-0.05, 0) is 19.1 Å². The van der Waals surface area contributed by atoms with Crippen molar-refractivity contribution in [2.24, 2.45) is 0 Å². The maximum Gasteiger partial charge on any atom is 0.313 e. The van der Waals surface area contributed by atoms with Gasteiger partial charge in [0.2, 0.25) is 0 Å². The SMILES string of the molecule is CC(Cn1c(SCC(=O)O)nc2cc(F)ccc21)S(C)=O. The molecule has 0 aliphatic carbocycles. The van der Waals surface area contributed by atoms with Crippen LogP contribution >= 0.6 is 11.8 Å². The number of thioether (sulfide) groups is 1. The fourth-order valence-electron chi connectivity index (χ4n) is 1.86. The number of hydrogen-bond acceptors (Lipinski definition) is 4. The fourth-order valence-corrected chi connectivity index (χ4v) is 2.96. The molecule has 0 saturated carbocycles. The van der Waals surface area contributed by atoms with Gasteiger partial charge in [0, 0.05) is 34.9 Å². The summed E-state index contributed by atoms with van der Waals surface area (Å²) in [7, 11) is -1.01. The monoisotopic (exact) mass is 330 g/mol. The number of carbonyl (C=O) groups is 1. The second-order valence-corrected chi connectivity index (χ2v) is 7.37. The number of carboxylic acid groups (broad SMARTS) is 1. The first-order valence-corrected chi connectivity index (χ1v) is 8.81. The van der Waals surface area contributed by atoms with Crippen molar-refractivity contribution in [2.75, 3.05) is 12.0 Å². The van der Waals surface area contributed by atoms with Gasteiger partial charge in [0.25, 0.3) is 0 Å². The molecule has 8 heteroatoms. The van der Waals surface area contributed by atoms with Crippen LogP contribution in [0.1, 0.15) is 6.92 Å². The van der Waals surface area contributed by atoms with Gasteiger partial charge in [-0.15, -0.1) is 0 Å². The molecule has 0 radical (unpaired) electrons. The summed E-state index contributed by atoms with van der Waals surface area (Å²) >= 11 is 1.07. The highest BCUT2D eigenvalue weighted by atomic mass is 32.2. The van der Waals surface area contributed by atoms with Crippen LogP contribution in [-0.2, 0) is 22.1 Å². The van der Waals surface area contributed by atoms with Gasteiger partial charge in [-0.3, -0.25) is 9.00 Å². The molecule has 0 fully saturated rings. The molecule has 2 rings (SSSR count). The van der Waals surface area contributed by atoms with Crippen LogP contribution in [0.2, 0.25) is 0 Å². The Labute approximate surface area is 128 Å². The number of halogens is 1. The fraction of sp³-hybridized carbons (Fsp3) is 0.385. The van der Waals surface area contributed by atoms with E-state index in [-0.39, 0.29) is 11.0 Å². The first-order chi connectivity index (χ1) is 9.88. The standard InChI is InChI=1S/C13H15FN2O3S2/c1-8(21(2)19)6-16-11-4-3-9(14)5-10(11)15-13(16)20-7-12(17)18/h3-5,8H,6-7H2,1-2H3,(H,17,18). The lowest BCUT2D eigenvalue weighted by Crippen LogP contribution is -2.18. The third kappa shape index (κ3) is 3.82. The average molecular weight is 330 g/mol. The van der Waals surface area contributed by atoms with Crippen molar-refractivity contribution >= 4 is 39.6 Å². The van der Waals surface area contributed by atoms with E-state index in [0.717, 1.165) is 11.8 Å². The zero-order valence-electron chi connectivity index (χ0n) is 11.6. The molecule has 114 valence electrons. The summed E-state index contributed by atoms with van der Waals surface area (Å²) in [6.07, 6.45) is 1.62.